The van der Waals surface area contributed by atoms with Crippen LogP contribution in [0, 0.1) is 0 Å². The molecule has 3 heterocycles. The molecule has 9 nitrogen and oxygen atoms in total. The highest BCUT2D eigenvalue weighted by molar-refractivity contribution is 7.91. The lowest BCUT2D eigenvalue weighted by Crippen LogP contribution is -2.17. The Morgan fingerprint density at radius 3 is 2.56 bits per heavy atom. The number of pyridine rings is 1. The molecule has 0 bridgehead atoms. The topological polar surface area (TPSA) is 131 Å². The summed E-state index contributed by atoms with van der Waals surface area (Å²) in [6, 6.07) is 18.8. The molecule has 5 rings (SSSR count). The fourth-order valence-electron chi connectivity index (χ4n) is 3.47. The summed E-state index contributed by atoms with van der Waals surface area (Å²) in [6.07, 6.45) is 3.13. The van der Waals surface area contributed by atoms with E-state index < -0.39 is 9.84 Å². The Morgan fingerprint density at radius 2 is 1.79 bits per heavy atom. The predicted molar refractivity (Wildman–Crippen MR) is 127 cm³/mol. The number of carbonyl (C=O) groups excluding carboxylic acids is 1. The van der Waals surface area contributed by atoms with E-state index in [9.17, 15) is 13.2 Å². The number of sulfone groups is 1. The highest BCUT2D eigenvalue weighted by Gasteiger charge is 2.18. The molecule has 0 spiro atoms. The van der Waals surface area contributed by atoms with Crippen LogP contribution in [0.1, 0.15) is 6.42 Å². The van der Waals surface area contributed by atoms with Crippen LogP contribution in [0.4, 0.5) is 5.69 Å². The summed E-state index contributed by atoms with van der Waals surface area (Å²) in [4.78, 5) is 21.1. The molecule has 0 atom stereocenters. The molecule has 0 saturated carbocycles. The van der Waals surface area contributed by atoms with Crippen molar-refractivity contribution >= 4 is 32.7 Å². The lowest BCUT2D eigenvalue weighted by molar-refractivity contribution is -0.115. The van der Waals surface area contributed by atoms with Gasteiger partial charge in [0.25, 0.3) is 0 Å². The van der Waals surface area contributed by atoms with Crippen molar-refractivity contribution in [3.8, 4) is 22.7 Å². The number of aromatic nitrogens is 4. The summed E-state index contributed by atoms with van der Waals surface area (Å²) >= 11 is 0. The molecule has 170 valence electrons. The Balaban J connectivity index is 1.27. The maximum Gasteiger partial charge on any atom is 0.232 e. The first kappa shape index (κ1) is 21.5. The quantitative estimate of drug-likeness (QED) is 0.364. The summed E-state index contributed by atoms with van der Waals surface area (Å²) in [5.74, 6) is -0.249. The molecule has 0 aliphatic rings. The van der Waals surface area contributed by atoms with E-state index in [1.807, 2.05) is 12.1 Å². The molecular formula is C24H19N5O4S. The lowest BCUT2D eigenvalue weighted by atomic mass is 10.1. The minimum Gasteiger partial charge on any atom is -0.434 e. The van der Waals surface area contributed by atoms with E-state index in [0.717, 1.165) is 5.56 Å². The van der Waals surface area contributed by atoms with Crippen molar-refractivity contribution in [2.45, 2.75) is 11.3 Å². The number of H-pyrrole nitrogens is 1. The number of amides is 1. The van der Waals surface area contributed by atoms with Gasteiger partial charge in [0.1, 0.15) is 0 Å². The smallest absolute Gasteiger partial charge is 0.232 e. The Labute approximate surface area is 194 Å². The maximum atomic E-state index is 12.4. The third-order valence-electron chi connectivity index (χ3n) is 5.19. The van der Waals surface area contributed by atoms with Gasteiger partial charge in [-0.1, -0.05) is 30.3 Å². The van der Waals surface area contributed by atoms with Gasteiger partial charge >= 0.3 is 0 Å². The second-order valence-corrected chi connectivity index (χ2v) is 9.62. The van der Waals surface area contributed by atoms with Crippen molar-refractivity contribution in [3.05, 3.63) is 79.1 Å². The minimum atomic E-state index is -3.52. The van der Waals surface area contributed by atoms with Crippen molar-refractivity contribution in [2.24, 2.45) is 0 Å². The van der Waals surface area contributed by atoms with E-state index in [1.165, 1.54) is 12.1 Å². The van der Waals surface area contributed by atoms with Crippen molar-refractivity contribution in [3.63, 3.8) is 0 Å². The van der Waals surface area contributed by atoms with Gasteiger partial charge in [-0.2, -0.15) is 10.1 Å². The van der Waals surface area contributed by atoms with E-state index >= 15 is 0 Å². The van der Waals surface area contributed by atoms with Crippen LogP contribution in [0.3, 0.4) is 0 Å². The summed E-state index contributed by atoms with van der Waals surface area (Å²) in [5, 5.41) is 9.80. The molecule has 0 unspecified atom stereocenters. The molecule has 5 aromatic rings. The van der Waals surface area contributed by atoms with Crippen molar-refractivity contribution in [2.75, 3.05) is 11.1 Å². The zero-order valence-corrected chi connectivity index (χ0v) is 18.6. The number of rotatable bonds is 7. The second-order valence-electron chi connectivity index (χ2n) is 7.51. The van der Waals surface area contributed by atoms with Crippen LogP contribution in [0.2, 0.25) is 0 Å². The van der Waals surface area contributed by atoms with Crippen molar-refractivity contribution in [1.82, 2.24) is 20.2 Å². The average Bonchev–Trinajstić information content (AvgIpc) is 3.51. The van der Waals surface area contributed by atoms with Gasteiger partial charge in [-0.3, -0.25) is 9.89 Å². The first-order valence-electron chi connectivity index (χ1n) is 10.4. The number of hydrogen-bond donors (Lipinski definition) is 2. The zero-order valence-electron chi connectivity index (χ0n) is 17.8. The molecule has 10 heteroatoms. The van der Waals surface area contributed by atoms with Crippen LogP contribution in [-0.4, -0.2) is 40.2 Å². The summed E-state index contributed by atoms with van der Waals surface area (Å²) in [5.41, 5.74) is 3.85. The van der Waals surface area contributed by atoms with Crippen LogP contribution < -0.4 is 5.32 Å². The number of anilines is 1. The van der Waals surface area contributed by atoms with Gasteiger partial charge in [0.15, 0.2) is 21.1 Å². The molecule has 0 aliphatic carbocycles. The van der Waals surface area contributed by atoms with E-state index in [1.54, 1.807) is 54.9 Å². The van der Waals surface area contributed by atoms with Crippen LogP contribution in [0.5, 0.6) is 0 Å². The number of fused-ring (bicyclic) bond motifs is 1. The highest BCUT2D eigenvalue weighted by atomic mass is 32.2. The maximum absolute atomic E-state index is 12.4. The number of hydrogen-bond acceptors (Lipinski definition) is 7. The molecule has 3 aromatic heterocycles. The Morgan fingerprint density at radius 1 is 1.00 bits per heavy atom. The Hall–Kier alpha value is -4.31. The van der Waals surface area contributed by atoms with E-state index in [-0.39, 0.29) is 23.0 Å². The van der Waals surface area contributed by atoms with Crippen LogP contribution in [0.15, 0.2) is 88.4 Å². The van der Waals surface area contributed by atoms with Gasteiger partial charge in [0.05, 0.1) is 28.1 Å². The molecule has 0 radical (unpaired) electrons. The Bertz CT molecular complexity index is 1530. The standard InChI is InChI=1S/C24H19N5O4S/c30-21(12-14-34(31,32)18-5-2-1-3-6-18)27-17-10-8-16(9-11-17)22-19(15-26-29-22)24-28-23-20(33-24)7-4-13-25-23/h1-11,13,15H,12,14H2,(H,26,29)(H,27,30). The molecule has 2 aromatic carbocycles. The van der Waals surface area contributed by atoms with Gasteiger partial charge in [-0.25, -0.2) is 13.4 Å². The van der Waals surface area contributed by atoms with E-state index in [0.29, 0.717) is 34.1 Å². The average molecular weight is 474 g/mol. The van der Waals surface area contributed by atoms with Crippen LogP contribution >= 0.6 is 0 Å². The number of nitrogens with zero attached hydrogens (tertiary/aromatic N) is 3. The number of aromatic amines is 1. The summed E-state index contributed by atoms with van der Waals surface area (Å²) in [7, 11) is -3.52. The minimum absolute atomic E-state index is 0.143. The lowest BCUT2D eigenvalue weighted by Gasteiger charge is -2.07. The summed E-state index contributed by atoms with van der Waals surface area (Å²) < 4.78 is 30.5. The van der Waals surface area contributed by atoms with Gasteiger partial charge < -0.3 is 9.73 Å². The van der Waals surface area contributed by atoms with Crippen LogP contribution in [-0.2, 0) is 14.6 Å². The molecule has 34 heavy (non-hydrogen) atoms. The van der Waals surface area contributed by atoms with Gasteiger partial charge in [0.2, 0.25) is 11.8 Å². The van der Waals surface area contributed by atoms with E-state index in [4.69, 9.17) is 4.42 Å². The van der Waals surface area contributed by atoms with Crippen molar-refractivity contribution in [1.29, 1.82) is 0 Å². The molecular weight excluding hydrogens is 454 g/mol. The first-order valence-corrected chi connectivity index (χ1v) is 12.1. The number of benzene rings is 2. The predicted octanol–water partition coefficient (Wildman–Crippen LogP) is 4.08. The van der Waals surface area contributed by atoms with Gasteiger partial charge in [0, 0.05) is 23.9 Å². The molecule has 0 saturated heterocycles. The fraction of sp³-hybridized carbons (Fsp3) is 0.0833. The van der Waals surface area contributed by atoms with Crippen molar-refractivity contribution < 1.29 is 17.6 Å². The molecule has 0 fully saturated rings. The Kier molecular flexibility index (Phi) is 5.64. The zero-order chi connectivity index (χ0) is 23.5. The summed E-state index contributed by atoms with van der Waals surface area (Å²) in [6.45, 7) is 0. The second kappa shape index (κ2) is 8.91. The molecule has 1 amide bonds. The normalized spacial score (nSPS) is 11.5. The van der Waals surface area contributed by atoms with Gasteiger partial charge in [-0.05, 0) is 36.4 Å². The number of oxazole rings is 1. The molecule has 0 aliphatic heterocycles. The highest BCUT2D eigenvalue weighted by Crippen LogP contribution is 2.31. The largest absolute Gasteiger partial charge is 0.434 e. The van der Waals surface area contributed by atoms with Gasteiger partial charge in [-0.15, -0.1) is 0 Å². The third kappa shape index (κ3) is 4.44. The third-order valence-corrected chi connectivity index (χ3v) is 6.92. The monoisotopic (exact) mass is 473 g/mol. The van der Waals surface area contributed by atoms with Crippen LogP contribution in [0.25, 0.3) is 33.9 Å². The fourth-order valence-corrected chi connectivity index (χ4v) is 4.73. The molecule has 2 N–H and O–H groups in total. The SMILES string of the molecule is O=C(CCS(=O)(=O)c1ccccc1)Nc1ccc(-c2[nH]ncc2-c2nc3ncccc3o2)cc1. The number of carbonyl (C=O) groups is 1. The van der Waals surface area contributed by atoms with E-state index in [2.05, 4.69) is 25.5 Å². The first-order chi connectivity index (χ1) is 16.5. The number of nitrogens with one attached hydrogen (secondary N) is 2.